The Labute approximate surface area is 138 Å². The zero-order valence-corrected chi connectivity index (χ0v) is 14.7. The fourth-order valence-electron chi connectivity index (χ4n) is 1.60. The van der Waals surface area contributed by atoms with Crippen LogP contribution in [0.4, 0.5) is 5.69 Å². The molecule has 0 aliphatic heterocycles. The van der Waals surface area contributed by atoms with Crippen molar-refractivity contribution in [2.45, 2.75) is 14.7 Å². The summed E-state index contributed by atoms with van der Waals surface area (Å²) in [5, 5.41) is 8.87. The zero-order valence-electron chi connectivity index (χ0n) is 10.7. The van der Waals surface area contributed by atoms with Crippen LogP contribution in [0.3, 0.4) is 0 Å². The number of nitrogens with zero attached hydrogens (tertiary/aromatic N) is 2. The standard InChI is InChI=1S/C7H5BrN2O10S3/c1-20-4-3(10-9)7(23(17,18)19)6(22(14,15)16)2(8)5(4)21(11,12)13/h1H3,(H2-,11,12,13,14,15,16,17,18,19)/p+1. The summed E-state index contributed by atoms with van der Waals surface area (Å²) in [6.07, 6.45) is 0. The van der Waals surface area contributed by atoms with Gasteiger partial charge in [0.05, 0.1) is 11.6 Å². The topological polar surface area (TPSA) is 200 Å². The number of hydrogen-bond acceptors (Lipinski definition) is 8. The van der Waals surface area contributed by atoms with Gasteiger partial charge in [0.1, 0.15) is 4.90 Å². The van der Waals surface area contributed by atoms with Gasteiger partial charge in [-0.05, 0) is 15.9 Å². The van der Waals surface area contributed by atoms with Crippen molar-refractivity contribution in [3.8, 4) is 5.75 Å². The zero-order chi connectivity index (χ0) is 18.4. The van der Waals surface area contributed by atoms with E-state index < -0.39 is 61.0 Å². The van der Waals surface area contributed by atoms with Crippen molar-refractivity contribution in [1.29, 1.82) is 5.39 Å². The Morgan fingerprint density at radius 2 is 1.30 bits per heavy atom. The number of diazo groups is 1. The Morgan fingerprint density at radius 1 is 0.913 bits per heavy atom. The average Bonchev–Trinajstić information content (AvgIpc) is 2.32. The van der Waals surface area contributed by atoms with Crippen molar-refractivity contribution in [3.05, 3.63) is 9.45 Å². The lowest BCUT2D eigenvalue weighted by molar-refractivity contribution is 0.395. The molecule has 0 atom stereocenters. The first-order chi connectivity index (χ1) is 10.2. The number of rotatable bonds is 4. The molecule has 16 heteroatoms. The molecule has 128 valence electrons. The first-order valence-electron chi connectivity index (χ1n) is 4.89. The van der Waals surface area contributed by atoms with Crippen molar-refractivity contribution in [2.75, 3.05) is 7.11 Å². The number of hydrogen-bond donors (Lipinski definition) is 3. The monoisotopic (exact) mass is 453 g/mol. The predicted molar refractivity (Wildman–Crippen MR) is 74.9 cm³/mol. The number of halogens is 1. The molecule has 0 radical (unpaired) electrons. The summed E-state index contributed by atoms with van der Waals surface area (Å²) in [7, 11) is -15.4. The Balaban J connectivity index is 4.54. The Morgan fingerprint density at radius 3 is 1.57 bits per heavy atom. The van der Waals surface area contributed by atoms with Crippen LogP contribution in [0.15, 0.2) is 19.2 Å². The highest BCUT2D eigenvalue weighted by Crippen LogP contribution is 2.48. The second-order valence-corrected chi connectivity index (χ2v) is 8.58. The predicted octanol–water partition coefficient (Wildman–Crippen LogP) is 0.682. The maximum absolute atomic E-state index is 11.4. The highest BCUT2D eigenvalue weighted by Gasteiger charge is 2.45. The van der Waals surface area contributed by atoms with Gasteiger partial charge in [0.25, 0.3) is 20.2 Å². The number of methoxy groups -OCH3 is 1. The lowest BCUT2D eigenvalue weighted by Crippen LogP contribution is -2.14. The van der Waals surface area contributed by atoms with Crippen molar-refractivity contribution in [3.63, 3.8) is 0 Å². The van der Waals surface area contributed by atoms with Gasteiger partial charge in [0.15, 0.2) is 9.87 Å². The Kier molecular flexibility index (Phi) is 5.08. The molecule has 0 spiro atoms. The van der Waals surface area contributed by atoms with Crippen molar-refractivity contribution >= 4 is 52.0 Å². The van der Waals surface area contributed by atoms with Crippen LogP contribution >= 0.6 is 15.9 Å². The van der Waals surface area contributed by atoms with Crippen LogP contribution in [0.1, 0.15) is 0 Å². The first kappa shape index (κ1) is 19.7. The molecule has 0 aromatic heterocycles. The van der Waals surface area contributed by atoms with Crippen LogP contribution < -0.4 is 4.74 Å². The molecule has 0 saturated heterocycles. The number of benzene rings is 1. The van der Waals surface area contributed by atoms with Crippen LogP contribution in [0, 0.1) is 5.39 Å². The third-order valence-electron chi connectivity index (χ3n) is 2.32. The van der Waals surface area contributed by atoms with Crippen LogP contribution in [-0.2, 0) is 30.4 Å². The van der Waals surface area contributed by atoms with Gasteiger partial charge >= 0.3 is 15.8 Å². The summed E-state index contributed by atoms with van der Waals surface area (Å²) in [5.41, 5.74) is -1.38. The Hall–Kier alpha value is -1.35. The Bertz CT molecular complexity index is 1040. The van der Waals surface area contributed by atoms with Crippen molar-refractivity contribution < 1.29 is 43.6 Å². The highest BCUT2D eigenvalue weighted by molar-refractivity contribution is 9.10. The van der Waals surface area contributed by atoms with Gasteiger partial charge in [-0.25, -0.2) is 0 Å². The summed E-state index contributed by atoms with van der Waals surface area (Å²) in [6.45, 7) is 0. The van der Waals surface area contributed by atoms with Gasteiger partial charge in [-0.1, -0.05) is 0 Å². The molecule has 1 aromatic carbocycles. The first-order valence-corrected chi connectivity index (χ1v) is 10.00. The molecule has 0 saturated carbocycles. The molecule has 0 amide bonds. The van der Waals surface area contributed by atoms with E-state index in [2.05, 4.69) is 25.6 Å². The second kappa shape index (κ2) is 5.94. The summed E-state index contributed by atoms with van der Waals surface area (Å²) in [6, 6.07) is 0. The minimum Gasteiger partial charge on any atom is -0.488 e. The minimum absolute atomic E-state index is 0.770. The van der Waals surface area contributed by atoms with E-state index in [1.165, 1.54) is 0 Å². The van der Waals surface area contributed by atoms with Gasteiger partial charge in [0.2, 0.25) is 16.0 Å². The third kappa shape index (κ3) is 3.60. The van der Waals surface area contributed by atoms with E-state index in [1.807, 2.05) is 0 Å². The fourth-order valence-corrected chi connectivity index (χ4v) is 6.15. The van der Waals surface area contributed by atoms with E-state index in [4.69, 9.17) is 19.1 Å². The van der Waals surface area contributed by atoms with Gasteiger partial charge in [-0.2, -0.15) is 25.3 Å². The van der Waals surface area contributed by atoms with Crippen LogP contribution in [0.2, 0.25) is 0 Å². The molecule has 1 rings (SSSR count). The lowest BCUT2D eigenvalue weighted by atomic mass is 10.3. The minimum atomic E-state index is -5.48. The molecular weight excluding hydrogens is 448 g/mol. The normalized spacial score (nSPS) is 12.7. The summed E-state index contributed by atoms with van der Waals surface area (Å²) < 4.78 is 99.0. The van der Waals surface area contributed by atoms with E-state index in [1.54, 1.807) is 0 Å². The molecule has 23 heavy (non-hydrogen) atoms. The van der Waals surface area contributed by atoms with E-state index in [9.17, 15) is 25.3 Å². The quantitative estimate of drug-likeness (QED) is 0.427. The molecule has 0 aliphatic rings. The van der Waals surface area contributed by atoms with Crippen LogP contribution in [0.25, 0.3) is 4.98 Å². The third-order valence-corrected chi connectivity index (χ3v) is 6.51. The smallest absolute Gasteiger partial charge is 0.450 e. The van der Waals surface area contributed by atoms with Gasteiger partial charge < -0.3 is 4.74 Å². The van der Waals surface area contributed by atoms with Gasteiger partial charge in [-0.15, -0.1) is 0 Å². The molecule has 0 fully saturated rings. The molecule has 0 heterocycles. The molecule has 0 unspecified atom stereocenters. The molecule has 12 nitrogen and oxygen atoms in total. The fraction of sp³-hybridized carbons (Fsp3) is 0.143. The van der Waals surface area contributed by atoms with Gasteiger partial charge in [0, 0.05) is 0 Å². The summed E-state index contributed by atoms with van der Waals surface area (Å²) >= 11 is 2.39. The molecule has 1 aromatic rings. The second-order valence-electron chi connectivity index (χ2n) is 3.71. The van der Waals surface area contributed by atoms with Crippen LogP contribution in [0.5, 0.6) is 5.75 Å². The van der Waals surface area contributed by atoms with E-state index >= 15 is 0 Å². The molecule has 3 N–H and O–H groups in total. The summed E-state index contributed by atoms with van der Waals surface area (Å²) in [4.78, 5) is -2.34. The lowest BCUT2D eigenvalue weighted by Gasteiger charge is -2.11. The van der Waals surface area contributed by atoms with E-state index in [-0.39, 0.29) is 0 Å². The largest absolute Gasteiger partial charge is 0.488 e. The van der Waals surface area contributed by atoms with E-state index in [0.29, 0.717) is 0 Å². The van der Waals surface area contributed by atoms with Crippen molar-refractivity contribution in [2.24, 2.45) is 0 Å². The maximum atomic E-state index is 11.4. The number of ether oxygens (including phenoxy) is 1. The highest BCUT2D eigenvalue weighted by atomic mass is 79.9. The summed E-state index contributed by atoms with van der Waals surface area (Å²) in [5.74, 6) is -1.11. The molecular formula is C7H6BrN2O10S3+. The van der Waals surface area contributed by atoms with Crippen LogP contribution in [-0.4, -0.2) is 46.0 Å². The molecule has 0 bridgehead atoms. The SMILES string of the molecule is COc1c([N+]#N)c(S(=O)(=O)O)c(S(=O)(=O)O)c(Br)c1S(=O)(=O)O. The average molecular weight is 454 g/mol. The molecule has 0 aliphatic carbocycles. The van der Waals surface area contributed by atoms with Crippen molar-refractivity contribution in [1.82, 2.24) is 0 Å². The van der Waals surface area contributed by atoms with E-state index in [0.717, 1.165) is 7.11 Å². The maximum Gasteiger partial charge on any atom is 0.450 e. The van der Waals surface area contributed by atoms with Gasteiger partial charge in [-0.3, -0.25) is 13.7 Å².